The van der Waals surface area contributed by atoms with Crippen LogP contribution < -0.4 is 0 Å². The number of hydrogen-bond donors (Lipinski definition) is 0. The van der Waals surface area contributed by atoms with Crippen molar-refractivity contribution in [3.05, 3.63) is 44.8 Å². The summed E-state index contributed by atoms with van der Waals surface area (Å²) in [4.78, 5) is 30.4. The largest absolute Gasteiger partial charge is 0.331 e. The van der Waals surface area contributed by atoms with Crippen LogP contribution in [-0.2, 0) is 0 Å². The molecule has 0 aromatic carbocycles. The van der Waals surface area contributed by atoms with Crippen molar-refractivity contribution in [3.63, 3.8) is 0 Å². The second-order valence-corrected chi connectivity index (χ2v) is 7.46. The number of piperazine rings is 1. The molecule has 0 aliphatic carbocycles. The highest BCUT2D eigenvalue weighted by molar-refractivity contribution is 7.12. The maximum Gasteiger partial charge on any atom is 0.264 e. The van der Waals surface area contributed by atoms with Gasteiger partial charge in [0, 0.05) is 25.2 Å². The third-order valence-corrected chi connectivity index (χ3v) is 5.69. The van der Waals surface area contributed by atoms with Crippen LogP contribution in [0.25, 0.3) is 0 Å². The molecule has 3 rings (SSSR count). The number of nitrogens with zero attached hydrogens (tertiary/aromatic N) is 2. The SMILES string of the molecule is CC1CN(C(=O)c2cccs2)C(C)CN1C(=O)c1cccs1. The molecule has 2 amide bonds. The summed E-state index contributed by atoms with van der Waals surface area (Å²) >= 11 is 2.93. The number of rotatable bonds is 2. The van der Waals surface area contributed by atoms with Crippen molar-refractivity contribution >= 4 is 34.5 Å². The summed E-state index contributed by atoms with van der Waals surface area (Å²) in [5.41, 5.74) is 0. The Morgan fingerprint density at radius 2 is 1.32 bits per heavy atom. The Balaban J connectivity index is 1.74. The molecule has 3 heterocycles. The molecule has 1 saturated heterocycles. The highest BCUT2D eigenvalue weighted by Gasteiger charge is 2.35. The van der Waals surface area contributed by atoms with Gasteiger partial charge in [-0.1, -0.05) is 12.1 Å². The smallest absolute Gasteiger partial charge is 0.264 e. The van der Waals surface area contributed by atoms with Crippen LogP contribution in [0.2, 0.25) is 0 Å². The van der Waals surface area contributed by atoms with Gasteiger partial charge in [-0.25, -0.2) is 0 Å². The topological polar surface area (TPSA) is 40.6 Å². The quantitative estimate of drug-likeness (QED) is 0.846. The predicted molar refractivity (Wildman–Crippen MR) is 89.6 cm³/mol. The lowest BCUT2D eigenvalue weighted by Gasteiger charge is -2.43. The first-order chi connectivity index (χ1) is 10.6. The van der Waals surface area contributed by atoms with E-state index in [-0.39, 0.29) is 23.9 Å². The number of hydrogen-bond acceptors (Lipinski definition) is 4. The second-order valence-electron chi connectivity index (χ2n) is 5.57. The van der Waals surface area contributed by atoms with E-state index in [9.17, 15) is 9.59 Å². The second kappa shape index (κ2) is 6.22. The van der Waals surface area contributed by atoms with E-state index in [0.29, 0.717) is 13.1 Å². The van der Waals surface area contributed by atoms with Gasteiger partial charge < -0.3 is 9.80 Å². The molecule has 0 radical (unpaired) electrons. The van der Waals surface area contributed by atoms with E-state index in [2.05, 4.69) is 0 Å². The van der Waals surface area contributed by atoms with E-state index in [1.165, 1.54) is 22.7 Å². The molecular formula is C16H18N2O2S2. The van der Waals surface area contributed by atoms with Gasteiger partial charge in [0.1, 0.15) is 0 Å². The fourth-order valence-corrected chi connectivity index (χ4v) is 4.13. The molecule has 0 spiro atoms. The van der Waals surface area contributed by atoms with Crippen molar-refractivity contribution in [1.29, 1.82) is 0 Å². The lowest BCUT2D eigenvalue weighted by atomic mass is 10.1. The molecule has 22 heavy (non-hydrogen) atoms. The van der Waals surface area contributed by atoms with Gasteiger partial charge in [0.05, 0.1) is 9.75 Å². The van der Waals surface area contributed by atoms with Crippen molar-refractivity contribution in [3.8, 4) is 0 Å². The summed E-state index contributed by atoms with van der Waals surface area (Å²) in [5.74, 6) is 0.134. The standard InChI is InChI=1S/C16H18N2O2S2/c1-11-9-18(16(20)14-6-4-8-22-14)12(2)10-17(11)15(19)13-5-3-7-21-13/h3-8,11-12H,9-10H2,1-2H3. The molecule has 0 bridgehead atoms. The first kappa shape index (κ1) is 15.2. The van der Waals surface area contributed by atoms with E-state index in [1.807, 2.05) is 58.7 Å². The molecule has 2 aromatic rings. The maximum absolute atomic E-state index is 12.6. The zero-order valence-electron chi connectivity index (χ0n) is 12.6. The van der Waals surface area contributed by atoms with Crippen LogP contribution >= 0.6 is 22.7 Å². The average molecular weight is 334 g/mol. The molecule has 4 nitrogen and oxygen atoms in total. The number of amides is 2. The molecule has 2 atom stereocenters. The summed E-state index contributed by atoms with van der Waals surface area (Å²) in [5, 5.41) is 3.83. The Kier molecular flexibility index (Phi) is 4.31. The monoisotopic (exact) mass is 334 g/mol. The van der Waals surface area contributed by atoms with Crippen LogP contribution in [0.5, 0.6) is 0 Å². The van der Waals surface area contributed by atoms with Crippen LogP contribution in [0.3, 0.4) is 0 Å². The lowest BCUT2D eigenvalue weighted by molar-refractivity contribution is 0.0275. The summed E-state index contributed by atoms with van der Waals surface area (Å²) < 4.78 is 0. The minimum Gasteiger partial charge on any atom is -0.331 e. The van der Waals surface area contributed by atoms with Crippen LogP contribution in [0.4, 0.5) is 0 Å². The third kappa shape index (κ3) is 2.80. The molecule has 2 unspecified atom stereocenters. The highest BCUT2D eigenvalue weighted by atomic mass is 32.1. The molecule has 1 aliphatic rings. The van der Waals surface area contributed by atoms with E-state index in [0.717, 1.165) is 9.75 Å². The third-order valence-electron chi connectivity index (χ3n) is 3.97. The van der Waals surface area contributed by atoms with Crippen molar-refractivity contribution in [2.24, 2.45) is 0 Å². The Hall–Kier alpha value is -1.66. The van der Waals surface area contributed by atoms with Gasteiger partial charge in [-0.15, -0.1) is 22.7 Å². The minimum atomic E-state index is 0.0229. The van der Waals surface area contributed by atoms with Crippen molar-refractivity contribution < 1.29 is 9.59 Å². The highest BCUT2D eigenvalue weighted by Crippen LogP contribution is 2.23. The van der Waals surface area contributed by atoms with Gasteiger partial charge in [0.2, 0.25) is 0 Å². The molecule has 0 saturated carbocycles. The van der Waals surface area contributed by atoms with Crippen LogP contribution in [-0.4, -0.2) is 46.8 Å². The minimum absolute atomic E-state index is 0.0229. The zero-order chi connectivity index (χ0) is 15.7. The Labute approximate surface area is 138 Å². The van der Waals surface area contributed by atoms with E-state index >= 15 is 0 Å². The van der Waals surface area contributed by atoms with Crippen LogP contribution in [0.15, 0.2) is 35.0 Å². The molecule has 2 aromatic heterocycles. The normalized spacial score (nSPS) is 21.9. The first-order valence-electron chi connectivity index (χ1n) is 7.27. The molecule has 116 valence electrons. The number of carbonyl (C=O) groups excluding carboxylic acids is 2. The average Bonchev–Trinajstić information content (AvgIpc) is 3.20. The molecule has 6 heteroatoms. The van der Waals surface area contributed by atoms with Gasteiger partial charge >= 0.3 is 0 Å². The van der Waals surface area contributed by atoms with Gasteiger partial charge in [0.25, 0.3) is 11.8 Å². The summed E-state index contributed by atoms with van der Waals surface area (Å²) in [6.07, 6.45) is 0. The maximum atomic E-state index is 12.6. The lowest BCUT2D eigenvalue weighted by Crippen LogP contribution is -2.59. The number of thiophene rings is 2. The van der Waals surface area contributed by atoms with Crippen molar-refractivity contribution in [1.82, 2.24) is 9.80 Å². The molecule has 0 N–H and O–H groups in total. The fraction of sp³-hybridized carbons (Fsp3) is 0.375. The number of carbonyl (C=O) groups is 2. The van der Waals surface area contributed by atoms with E-state index < -0.39 is 0 Å². The predicted octanol–water partition coefficient (Wildman–Crippen LogP) is 3.18. The van der Waals surface area contributed by atoms with E-state index in [1.54, 1.807) is 0 Å². The fourth-order valence-electron chi connectivity index (χ4n) is 2.78. The van der Waals surface area contributed by atoms with Crippen molar-refractivity contribution in [2.75, 3.05) is 13.1 Å². The van der Waals surface area contributed by atoms with Gasteiger partial charge in [0.15, 0.2) is 0 Å². The van der Waals surface area contributed by atoms with Crippen molar-refractivity contribution in [2.45, 2.75) is 25.9 Å². The Bertz CT molecular complexity index is 594. The Morgan fingerprint density at radius 3 is 1.64 bits per heavy atom. The summed E-state index contributed by atoms with van der Waals surface area (Å²) in [6, 6.07) is 7.54. The summed E-state index contributed by atoms with van der Waals surface area (Å²) in [7, 11) is 0. The Morgan fingerprint density at radius 1 is 0.909 bits per heavy atom. The summed E-state index contributed by atoms with van der Waals surface area (Å²) in [6.45, 7) is 5.17. The molecule has 1 fully saturated rings. The van der Waals surface area contributed by atoms with Gasteiger partial charge in [-0.2, -0.15) is 0 Å². The van der Waals surface area contributed by atoms with Gasteiger partial charge in [-0.3, -0.25) is 9.59 Å². The zero-order valence-corrected chi connectivity index (χ0v) is 14.2. The first-order valence-corrected chi connectivity index (χ1v) is 9.03. The van der Waals surface area contributed by atoms with Crippen LogP contribution in [0, 0.1) is 0 Å². The molecular weight excluding hydrogens is 316 g/mol. The van der Waals surface area contributed by atoms with Gasteiger partial charge in [-0.05, 0) is 36.7 Å². The van der Waals surface area contributed by atoms with E-state index in [4.69, 9.17) is 0 Å². The van der Waals surface area contributed by atoms with Crippen LogP contribution in [0.1, 0.15) is 33.2 Å². The molecule has 1 aliphatic heterocycles.